The van der Waals surface area contributed by atoms with Gasteiger partial charge >= 0.3 is 12.1 Å². The van der Waals surface area contributed by atoms with Crippen LogP contribution in [0.3, 0.4) is 0 Å². The van der Waals surface area contributed by atoms with Crippen LogP contribution in [0.15, 0.2) is 0 Å². The summed E-state index contributed by atoms with van der Waals surface area (Å²) in [7, 11) is -1.97. The Labute approximate surface area is 167 Å². The normalized spacial score (nSPS) is 28.4. The molecule has 0 aliphatic carbocycles. The molecule has 2 heterocycles. The lowest BCUT2D eigenvalue weighted by Gasteiger charge is -2.43. The molecule has 0 radical (unpaired) electrons. The molecule has 0 bridgehead atoms. The summed E-state index contributed by atoms with van der Waals surface area (Å²) < 4.78 is 53.9. The van der Waals surface area contributed by atoms with Crippen molar-refractivity contribution in [2.24, 2.45) is 0 Å². The number of nitrogens with zero attached hydrogens (tertiary/aromatic N) is 1. The van der Waals surface area contributed by atoms with Crippen molar-refractivity contribution in [2.75, 3.05) is 19.8 Å². The Bertz CT molecular complexity index is 589. The quantitative estimate of drug-likeness (QED) is 0.464. The van der Waals surface area contributed by atoms with Gasteiger partial charge in [0.05, 0.1) is 25.2 Å². The first-order chi connectivity index (χ1) is 12.5. The van der Waals surface area contributed by atoms with Crippen molar-refractivity contribution >= 4 is 14.3 Å². The molecule has 0 spiro atoms. The summed E-state index contributed by atoms with van der Waals surface area (Å²) >= 11 is 0. The smallest absolute Gasteiger partial charge is 0.422 e. The molecular weight excluding hydrogens is 391 g/mol. The maximum atomic E-state index is 12.3. The fourth-order valence-electron chi connectivity index (χ4n) is 3.93. The van der Waals surface area contributed by atoms with Crippen molar-refractivity contribution in [1.82, 2.24) is 4.90 Å². The van der Waals surface area contributed by atoms with Crippen LogP contribution in [0, 0.1) is 0 Å². The number of carbonyl (C=O) groups is 1. The summed E-state index contributed by atoms with van der Waals surface area (Å²) in [4.78, 5) is 14.1. The van der Waals surface area contributed by atoms with Crippen LogP contribution >= 0.6 is 0 Å². The number of alkyl halides is 3. The first-order valence-electron chi connectivity index (χ1n) is 9.79. The Kier molecular flexibility index (Phi) is 6.38. The second-order valence-electron chi connectivity index (χ2n) is 10.1. The molecule has 9 heteroatoms. The molecule has 0 N–H and O–H groups in total. The maximum absolute atomic E-state index is 12.3. The minimum absolute atomic E-state index is 0.0723. The average Bonchev–Trinajstić information content (AvgIpc) is 2.99. The summed E-state index contributed by atoms with van der Waals surface area (Å²) in [6.45, 7) is 14.2. The summed E-state index contributed by atoms with van der Waals surface area (Å²) in [6.07, 6.45) is -3.11. The van der Waals surface area contributed by atoms with Crippen molar-refractivity contribution < 1.29 is 31.9 Å². The zero-order chi connectivity index (χ0) is 21.6. The number of esters is 1. The second kappa shape index (κ2) is 7.56. The molecule has 0 aromatic rings. The monoisotopic (exact) mass is 425 g/mol. The first-order valence-corrected chi connectivity index (χ1v) is 12.7. The Morgan fingerprint density at radius 3 is 2.39 bits per heavy atom. The fourth-order valence-corrected chi connectivity index (χ4v) is 4.99. The average molecular weight is 426 g/mol. The predicted octanol–water partition coefficient (Wildman–Crippen LogP) is 4.47. The summed E-state index contributed by atoms with van der Waals surface area (Å²) in [5.41, 5.74) is -0.962. The summed E-state index contributed by atoms with van der Waals surface area (Å²) in [5, 5.41) is 0.0723. The third-order valence-corrected chi connectivity index (χ3v) is 10.9. The lowest BCUT2D eigenvalue weighted by molar-refractivity contribution is -0.187. The molecule has 2 aliphatic rings. The molecule has 2 aliphatic heterocycles. The van der Waals surface area contributed by atoms with Gasteiger partial charge in [-0.05, 0) is 44.8 Å². The molecule has 2 rings (SSSR count). The molecule has 0 saturated carbocycles. The van der Waals surface area contributed by atoms with Gasteiger partial charge in [-0.2, -0.15) is 13.2 Å². The maximum Gasteiger partial charge on any atom is 0.422 e. The number of fused-ring (bicyclic) bond motifs is 1. The van der Waals surface area contributed by atoms with Crippen LogP contribution < -0.4 is 0 Å². The Morgan fingerprint density at radius 2 is 1.86 bits per heavy atom. The molecule has 0 unspecified atom stereocenters. The Hall–Kier alpha value is -0.643. The molecule has 28 heavy (non-hydrogen) atoms. The van der Waals surface area contributed by atoms with Gasteiger partial charge < -0.3 is 13.9 Å². The highest BCUT2D eigenvalue weighted by molar-refractivity contribution is 6.74. The largest absolute Gasteiger partial charge is 0.456 e. The molecule has 2 fully saturated rings. The molecule has 2 atom stereocenters. The number of halogens is 3. The van der Waals surface area contributed by atoms with E-state index in [1.807, 2.05) is 13.8 Å². The van der Waals surface area contributed by atoms with Crippen LogP contribution in [-0.4, -0.2) is 62.5 Å². The van der Waals surface area contributed by atoms with Crippen molar-refractivity contribution in [3.63, 3.8) is 0 Å². The van der Waals surface area contributed by atoms with Gasteiger partial charge in [0.15, 0.2) is 14.9 Å². The SMILES string of the molecule is CC1(C)OC[C@@]2(CO[Si](C)(C)C(C)(C)C)CC[C@H](CC(=O)OCC(F)(F)F)N12. The third kappa shape index (κ3) is 5.09. The Balaban J connectivity index is 2.09. The highest BCUT2D eigenvalue weighted by Gasteiger charge is 2.59. The van der Waals surface area contributed by atoms with Crippen LogP contribution in [0.1, 0.15) is 53.9 Å². The van der Waals surface area contributed by atoms with E-state index in [0.717, 1.165) is 6.42 Å². The lowest BCUT2D eigenvalue weighted by atomic mass is 9.99. The van der Waals surface area contributed by atoms with Crippen LogP contribution in [0.4, 0.5) is 13.2 Å². The number of rotatable bonds is 6. The first kappa shape index (κ1) is 23.6. The zero-order valence-electron chi connectivity index (χ0n) is 18.0. The van der Waals surface area contributed by atoms with E-state index in [4.69, 9.17) is 9.16 Å². The van der Waals surface area contributed by atoms with E-state index in [1.54, 1.807) is 0 Å². The van der Waals surface area contributed by atoms with Gasteiger partial charge in [-0.3, -0.25) is 9.69 Å². The lowest BCUT2D eigenvalue weighted by Crippen LogP contribution is -2.56. The molecule has 0 amide bonds. The van der Waals surface area contributed by atoms with Gasteiger partial charge in [0.1, 0.15) is 5.72 Å². The zero-order valence-corrected chi connectivity index (χ0v) is 19.0. The van der Waals surface area contributed by atoms with Gasteiger partial charge in [-0.25, -0.2) is 0 Å². The minimum atomic E-state index is -4.51. The van der Waals surface area contributed by atoms with Crippen LogP contribution in [-0.2, 0) is 18.7 Å². The molecule has 5 nitrogen and oxygen atoms in total. The van der Waals surface area contributed by atoms with Crippen molar-refractivity contribution in [1.29, 1.82) is 0 Å². The van der Waals surface area contributed by atoms with E-state index in [-0.39, 0.29) is 23.0 Å². The van der Waals surface area contributed by atoms with Gasteiger partial charge in [0, 0.05) is 6.04 Å². The van der Waals surface area contributed by atoms with Crippen molar-refractivity contribution in [3.8, 4) is 0 Å². The number of hydrogen-bond donors (Lipinski definition) is 0. The highest BCUT2D eigenvalue weighted by Crippen LogP contribution is 2.48. The van der Waals surface area contributed by atoms with E-state index >= 15 is 0 Å². The van der Waals surface area contributed by atoms with Crippen molar-refractivity contribution in [3.05, 3.63) is 0 Å². The molecule has 2 saturated heterocycles. The predicted molar refractivity (Wildman–Crippen MR) is 102 cm³/mol. The van der Waals surface area contributed by atoms with E-state index < -0.39 is 32.8 Å². The van der Waals surface area contributed by atoms with Gasteiger partial charge in [0.25, 0.3) is 0 Å². The minimum Gasteiger partial charge on any atom is -0.456 e. The summed E-state index contributed by atoms with van der Waals surface area (Å²) in [6, 6.07) is -0.221. The van der Waals surface area contributed by atoms with Gasteiger partial charge in [0.2, 0.25) is 0 Å². The van der Waals surface area contributed by atoms with Crippen LogP contribution in [0.25, 0.3) is 0 Å². The van der Waals surface area contributed by atoms with Gasteiger partial charge in [-0.15, -0.1) is 0 Å². The van der Waals surface area contributed by atoms with E-state index in [9.17, 15) is 18.0 Å². The topological polar surface area (TPSA) is 48.0 Å². The van der Waals surface area contributed by atoms with Crippen LogP contribution in [0.5, 0.6) is 0 Å². The number of hydrogen-bond acceptors (Lipinski definition) is 5. The third-order valence-electron chi connectivity index (χ3n) is 6.40. The Morgan fingerprint density at radius 1 is 1.25 bits per heavy atom. The number of carbonyl (C=O) groups excluding carboxylic acids is 1. The molecule has 0 aromatic carbocycles. The van der Waals surface area contributed by atoms with Gasteiger partial charge in [-0.1, -0.05) is 20.8 Å². The highest BCUT2D eigenvalue weighted by atomic mass is 28.4. The van der Waals surface area contributed by atoms with E-state index in [1.165, 1.54) is 0 Å². The van der Waals surface area contributed by atoms with Crippen molar-refractivity contribution in [2.45, 2.75) is 95.5 Å². The van der Waals surface area contributed by atoms with E-state index in [0.29, 0.717) is 19.6 Å². The van der Waals surface area contributed by atoms with E-state index in [2.05, 4.69) is 43.5 Å². The standard InChI is InChI=1S/C19H34F3NO4Si/c1-16(2,3)28(6,7)27-12-18-9-8-14(23(18)17(4,5)26-11-18)10-15(24)25-13-19(20,21)22/h14H,8-13H2,1-7H3/t14-,18-/m1/s1. The second-order valence-corrected chi connectivity index (χ2v) is 14.9. The molecular formula is C19H34F3NO4Si. The van der Waals surface area contributed by atoms with Crippen LogP contribution in [0.2, 0.25) is 18.1 Å². The molecule has 0 aromatic heterocycles. The number of ether oxygens (including phenoxy) is 2. The molecule has 164 valence electrons. The fraction of sp³-hybridized carbons (Fsp3) is 0.947. The summed E-state index contributed by atoms with van der Waals surface area (Å²) in [5.74, 6) is -0.828.